The van der Waals surface area contributed by atoms with Gasteiger partial charge in [-0.3, -0.25) is 9.59 Å². The Hall–Kier alpha value is -3.02. The smallest absolute Gasteiger partial charge is 0.222 e. The number of benzene rings is 2. The maximum atomic E-state index is 12.7. The van der Waals surface area contributed by atoms with Crippen LogP contribution in [0, 0.1) is 13.8 Å². The lowest BCUT2D eigenvalue weighted by Crippen LogP contribution is -2.52. The lowest BCUT2D eigenvalue weighted by atomic mass is 9.82. The highest BCUT2D eigenvalue weighted by Crippen LogP contribution is 2.40. The zero-order chi connectivity index (χ0) is 22.7. The van der Waals surface area contributed by atoms with Crippen molar-refractivity contribution in [1.29, 1.82) is 0 Å². The lowest BCUT2D eigenvalue weighted by Gasteiger charge is -2.44. The van der Waals surface area contributed by atoms with Crippen LogP contribution in [0.15, 0.2) is 36.4 Å². The summed E-state index contributed by atoms with van der Waals surface area (Å²) in [6.07, 6.45) is 2.80. The van der Waals surface area contributed by atoms with Crippen molar-refractivity contribution < 1.29 is 23.8 Å². The van der Waals surface area contributed by atoms with E-state index in [1.165, 1.54) is 0 Å². The van der Waals surface area contributed by atoms with Gasteiger partial charge in [-0.25, -0.2) is 0 Å². The largest absolute Gasteiger partial charge is 0.497 e. The second-order valence-electron chi connectivity index (χ2n) is 8.80. The number of amides is 1. The van der Waals surface area contributed by atoms with Crippen molar-refractivity contribution in [2.45, 2.75) is 51.6 Å². The van der Waals surface area contributed by atoms with E-state index in [0.29, 0.717) is 68.9 Å². The van der Waals surface area contributed by atoms with E-state index in [2.05, 4.69) is 0 Å². The molecular weight excluding hydrogens is 406 g/mol. The van der Waals surface area contributed by atoms with Gasteiger partial charge in [-0.2, -0.15) is 0 Å². The summed E-state index contributed by atoms with van der Waals surface area (Å²) >= 11 is 0. The fourth-order valence-electron chi connectivity index (χ4n) is 4.63. The number of piperidine rings is 1. The van der Waals surface area contributed by atoms with Crippen LogP contribution in [-0.4, -0.2) is 49.0 Å². The number of methoxy groups -OCH3 is 1. The molecule has 0 N–H and O–H groups in total. The van der Waals surface area contributed by atoms with Crippen LogP contribution in [0.1, 0.15) is 53.6 Å². The molecule has 1 fully saturated rings. The topological polar surface area (TPSA) is 65.1 Å². The molecule has 4 rings (SSSR count). The van der Waals surface area contributed by atoms with Gasteiger partial charge in [-0.1, -0.05) is 18.2 Å². The molecule has 0 atom stereocenters. The number of para-hydroxylation sites is 1. The van der Waals surface area contributed by atoms with Gasteiger partial charge in [0, 0.05) is 38.4 Å². The van der Waals surface area contributed by atoms with E-state index in [1.54, 1.807) is 25.3 Å². The molecule has 1 saturated heterocycles. The van der Waals surface area contributed by atoms with Crippen molar-refractivity contribution in [3.05, 3.63) is 53.1 Å². The van der Waals surface area contributed by atoms with Crippen LogP contribution in [0.25, 0.3) is 0 Å². The van der Waals surface area contributed by atoms with E-state index in [4.69, 9.17) is 14.2 Å². The van der Waals surface area contributed by atoms with Crippen molar-refractivity contribution in [3.8, 4) is 17.2 Å². The van der Waals surface area contributed by atoms with Crippen LogP contribution < -0.4 is 14.2 Å². The van der Waals surface area contributed by atoms with Crippen molar-refractivity contribution in [3.63, 3.8) is 0 Å². The molecule has 0 bridgehead atoms. The summed E-state index contributed by atoms with van der Waals surface area (Å²) in [5, 5.41) is 0. The van der Waals surface area contributed by atoms with E-state index in [1.807, 2.05) is 36.9 Å². The molecule has 6 nitrogen and oxygen atoms in total. The van der Waals surface area contributed by atoms with Gasteiger partial charge in [-0.15, -0.1) is 0 Å². The average Bonchev–Trinajstić information content (AvgIpc) is 2.78. The first-order chi connectivity index (χ1) is 15.4. The number of carbonyl (C=O) groups excluding carboxylic acids is 2. The van der Waals surface area contributed by atoms with Gasteiger partial charge in [0.25, 0.3) is 0 Å². The van der Waals surface area contributed by atoms with Gasteiger partial charge in [0.2, 0.25) is 5.91 Å². The van der Waals surface area contributed by atoms with Gasteiger partial charge >= 0.3 is 0 Å². The Bertz CT molecular complexity index is 987. The zero-order valence-corrected chi connectivity index (χ0v) is 19.1. The Morgan fingerprint density at radius 1 is 1.12 bits per heavy atom. The van der Waals surface area contributed by atoms with Crippen LogP contribution in [0.2, 0.25) is 0 Å². The Kier molecular flexibility index (Phi) is 6.40. The third-order valence-corrected chi connectivity index (χ3v) is 6.52. The number of likely N-dealkylation sites (tertiary alicyclic amines) is 1. The van der Waals surface area contributed by atoms with E-state index < -0.39 is 5.60 Å². The number of fused-ring (bicyclic) bond motifs is 1. The van der Waals surface area contributed by atoms with Gasteiger partial charge in [0.05, 0.1) is 25.7 Å². The number of carbonyl (C=O) groups is 2. The van der Waals surface area contributed by atoms with Crippen molar-refractivity contribution >= 4 is 11.7 Å². The standard InChI is InChI=1S/C26H31NO5/c1-18-6-4-7-19(2)25(18)31-15-5-8-24(29)27-13-11-26(12-14-27)17-22(28)21-10-9-20(30-3)16-23(21)32-26/h4,6-7,9-10,16H,5,8,11-15,17H2,1-3H3. The highest BCUT2D eigenvalue weighted by molar-refractivity contribution is 6.00. The third kappa shape index (κ3) is 4.59. The Morgan fingerprint density at radius 3 is 2.53 bits per heavy atom. The maximum absolute atomic E-state index is 12.7. The summed E-state index contributed by atoms with van der Waals surface area (Å²) in [5.74, 6) is 2.40. The fraction of sp³-hybridized carbons (Fsp3) is 0.462. The molecule has 2 aromatic rings. The number of nitrogens with zero attached hydrogens (tertiary/aromatic N) is 1. The first kappa shape index (κ1) is 22.2. The molecule has 2 aliphatic heterocycles. The molecule has 32 heavy (non-hydrogen) atoms. The number of rotatable bonds is 6. The van der Waals surface area contributed by atoms with Crippen LogP contribution in [0.4, 0.5) is 0 Å². The molecule has 1 amide bonds. The van der Waals surface area contributed by atoms with Gasteiger partial charge in [0.1, 0.15) is 22.8 Å². The van der Waals surface area contributed by atoms with E-state index in [9.17, 15) is 9.59 Å². The predicted octanol–water partition coefficient (Wildman–Crippen LogP) is 4.50. The number of ether oxygens (including phenoxy) is 3. The molecule has 2 heterocycles. The van der Waals surface area contributed by atoms with Crippen molar-refractivity contribution in [2.75, 3.05) is 26.8 Å². The summed E-state index contributed by atoms with van der Waals surface area (Å²) < 4.78 is 17.5. The minimum Gasteiger partial charge on any atom is -0.497 e. The lowest BCUT2D eigenvalue weighted by molar-refractivity contribution is -0.135. The molecule has 0 radical (unpaired) electrons. The van der Waals surface area contributed by atoms with E-state index in [0.717, 1.165) is 16.9 Å². The number of hydrogen-bond acceptors (Lipinski definition) is 5. The molecule has 1 spiro atoms. The maximum Gasteiger partial charge on any atom is 0.222 e. The normalized spacial score (nSPS) is 17.0. The molecule has 0 aliphatic carbocycles. The van der Waals surface area contributed by atoms with Crippen LogP contribution in [-0.2, 0) is 4.79 Å². The third-order valence-electron chi connectivity index (χ3n) is 6.52. The van der Waals surface area contributed by atoms with Crippen LogP contribution in [0.5, 0.6) is 17.2 Å². The number of ketones is 1. The second kappa shape index (κ2) is 9.23. The van der Waals surface area contributed by atoms with E-state index in [-0.39, 0.29) is 11.7 Å². The minimum atomic E-state index is -0.529. The summed E-state index contributed by atoms with van der Waals surface area (Å²) in [6.45, 7) is 5.78. The van der Waals surface area contributed by atoms with Crippen molar-refractivity contribution in [1.82, 2.24) is 4.90 Å². The molecule has 0 aromatic heterocycles. The fourth-order valence-corrected chi connectivity index (χ4v) is 4.63. The highest BCUT2D eigenvalue weighted by Gasteiger charge is 2.43. The molecule has 0 unspecified atom stereocenters. The molecule has 170 valence electrons. The monoisotopic (exact) mass is 437 g/mol. The quantitative estimate of drug-likeness (QED) is 0.623. The second-order valence-corrected chi connectivity index (χ2v) is 8.80. The molecule has 2 aromatic carbocycles. The first-order valence-corrected chi connectivity index (χ1v) is 11.3. The number of hydrogen-bond donors (Lipinski definition) is 0. The molecule has 6 heteroatoms. The van der Waals surface area contributed by atoms with Crippen molar-refractivity contribution in [2.24, 2.45) is 0 Å². The average molecular weight is 438 g/mol. The van der Waals surface area contributed by atoms with Gasteiger partial charge in [-0.05, 0) is 43.5 Å². The Morgan fingerprint density at radius 2 is 1.84 bits per heavy atom. The Labute approximate surface area is 189 Å². The molecule has 0 saturated carbocycles. The molecule has 2 aliphatic rings. The van der Waals surface area contributed by atoms with E-state index >= 15 is 0 Å². The minimum absolute atomic E-state index is 0.0947. The summed E-state index contributed by atoms with van der Waals surface area (Å²) in [4.78, 5) is 27.3. The highest BCUT2D eigenvalue weighted by atomic mass is 16.5. The number of aryl methyl sites for hydroxylation is 2. The Balaban J connectivity index is 1.28. The van der Waals surface area contributed by atoms with Crippen LogP contribution in [0.3, 0.4) is 0 Å². The zero-order valence-electron chi connectivity index (χ0n) is 19.1. The molecular formula is C26H31NO5. The first-order valence-electron chi connectivity index (χ1n) is 11.3. The summed E-state index contributed by atoms with van der Waals surface area (Å²) in [6, 6.07) is 11.4. The summed E-state index contributed by atoms with van der Waals surface area (Å²) in [7, 11) is 1.60. The predicted molar refractivity (Wildman–Crippen MR) is 122 cm³/mol. The van der Waals surface area contributed by atoms with Crippen LogP contribution >= 0.6 is 0 Å². The van der Waals surface area contributed by atoms with Gasteiger partial charge < -0.3 is 19.1 Å². The van der Waals surface area contributed by atoms with Gasteiger partial charge in [0.15, 0.2) is 5.78 Å². The SMILES string of the molecule is COc1ccc2c(c1)OC1(CCN(C(=O)CCCOc3c(C)cccc3C)CC1)CC2=O. The summed E-state index contributed by atoms with van der Waals surface area (Å²) in [5.41, 5.74) is 2.30. The number of Topliss-reactive ketones (excluding diaryl/α,β-unsaturated/α-hetero) is 1.